The van der Waals surface area contributed by atoms with Crippen molar-refractivity contribution >= 4 is 13.5 Å². The Kier molecular flexibility index (Phi) is 3.25. The van der Waals surface area contributed by atoms with E-state index in [0.29, 0.717) is 5.19 Å². The van der Waals surface area contributed by atoms with Crippen molar-refractivity contribution in [2.45, 2.75) is 19.3 Å². The lowest BCUT2D eigenvalue weighted by Gasteiger charge is -2.21. The van der Waals surface area contributed by atoms with Crippen LogP contribution in [0.2, 0.25) is 13.1 Å². The molecule has 5 heteroatoms. The average molecular weight is 234 g/mol. The Hall–Kier alpha value is -0.813. The van der Waals surface area contributed by atoms with E-state index < -0.39 is 20.1 Å². The lowest BCUT2D eigenvalue weighted by molar-refractivity contribution is -0.137. The molecule has 0 N–H and O–H groups in total. The van der Waals surface area contributed by atoms with Gasteiger partial charge in [-0.15, -0.1) is 0 Å². The molecule has 1 aromatic rings. The molecular formula is C10H13F3OSi. The first-order valence-corrected chi connectivity index (χ1v) is 7.41. The molecule has 0 aliphatic heterocycles. The van der Waals surface area contributed by atoms with Gasteiger partial charge < -0.3 is 4.43 Å². The van der Waals surface area contributed by atoms with Crippen LogP contribution in [0.15, 0.2) is 24.3 Å². The smallest absolute Gasteiger partial charge is 0.416 e. The zero-order chi connectivity index (χ0) is 11.7. The summed E-state index contributed by atoms with van der Waals surface area (Å²) in [5.41, 5.74) is -0.613. The maximum atomic E-state index is 12.4. The van der Waals surface area contributed by atoms with E-state index in [1.807, 2.05) is 13.1 Å². The lowest BCUT2D eigenvalue weighted by Crippen LogP contribution is -2.44. The predicted molar refractivity (Wildman–Crippen MR) is 55.6 cm³/mol. The van der Waals surface area contributed by atoms with E-state index in [2.05, 4.69) is 0 Å². The van der Waals surface area contributed by atoms with Crippen molar-refractivity contribution in [3.05, 3.63) is 29.8 Å². The Morgan fingerprint density at radius 1 is 1.20 bits per heavy atom. The van der Waals surface area contributed by atoms with Gasteiger partial charge in [0.2, 0.25) is 8.32 Å². The van der Waals surface area contributed by atoms with Gasteiger partial charge in [-0.1, -0.05) is 18.2 Å². The minimum atomic E-state index is -4.28. The molecule has 0 bridgehead atoms. The molecule has 0 aromatic heterocycles. The molecular weight excluding hydrogens is 221 g/mol. The Morgan fingerprint density at radius 2 is 1.80 bits per heavy atom. The number of rotatable bonds is 2. The van der Waals surface area contributed by atoms with Crippen molar-refractivity contribution in [2.24, 2.45) is 0 Å². The second-order valence-electron chi connectivity index (χ2n) is 3.79. The topological polar surface area (TPSA) is 9.23 Å². The van der Waals surface area contributed by atoms with Crippen molar-refractivity contribution in [3.63, 3.8) is 0 Å². The molecule has 0 saturated carbocycles. The van der Waals surface area contributed by atoms with E-state index in [1.54, 1.807) is 6.07 Å². The zero-order valence-electron chi connectivity index (χ0n) is 8.85. The Morgan fingerprint density at radius 3 is 2.27 bits per heavy atom. The number of alkyl halides is 3. The molecule has 84 valence electrons. The number of benzene rings is 1. The summed E-state index contributed by atoms with van der Waals surface area (Å²) >= 11 is 0. The summed E-state index contributed by atoms with van der Waals surface area (Å²) in [6.07, 6.45) is -4.28. The number of hydrogen-bond donors (Lipinski definition) is 0. The molecule has 0 atom stereocenters. The average Bonchev–Trinajstić information content (AvgIpc) is 2.17. The fraction of sp³-hybridized carbons (Fsp3) is 0.400. The third-order valence-corrected chi connectivity index (χ3v) is 5.12. The fourth-order valence-electron chi connectivity index (χ4n) is 1.19. The molecule has 0 unspecified atom stereocenters. The first-order chi connectivity index (χ1) is 6.77. The molecule has 0 heterocycles. The summed E-state index contributed by atoms with van der Waals surface area (Å²) in [5, 5.41) is 0.653. The van der Waals surface area contributed by atoms with E-state index >= 15 is 0 Å². The highest BCUT2D eigenvalue weighted by Gasteiger charge is 2.32. The Labute approximate surface area is 88.0 Å². The van der Waals surface area contributed by atoms with E-state index in [0.717, 1.165) is 6.07 Å². The summed E-state index contributed by atoms with van der Waals surface area (Å²) < 4.78 is 42.6. The van der Waals surface area contributed by atoms with Gasteiger partial charge in [0.05, 0.1) is 5.56 Å². The number of hydrogen-bond acceptors (Lipinski definition) is 1. The molecule has 0 saturated heterocycles. The quantitative estimate of drug-likeness (QED) is 0.715. The molecule has 1 nitrogen and oxygen atoms in total. The normalized spacial score (nSPS) is 12.9. The van der Waals surface area contributed by atoms with Crippen LogP contribution in [0.25, 0.3) is 0 Å². The van der Waals surface area contributed by atoms with Gasteiger partial charge in [0, 0.05) is 7.11 Å². The van der Waals surface area contributed by atoms with Crippen molar-refractivity contribution in [1.82, 2.24) is 0 Å². The Balaban J connectivity index is 3.14. The third-order valence-electron chi connectivity index (χ3n) is 2.40. The zero-order valence-corrected chi connectivity index (χ0v) is 9.85. The van der Waals surface area contributed by atoms with E-state index in [-0.39, 0.29) is 0 Å². The van der Waals surface area contributed by atoms with Crippen LogP contribution in [0, 0.1) is 0 Å². The maximum Gasteiger partial charge on any atom is 0.416 e. The molecule has 0 spiro atoms. The lowest BCUT2D eigenvalue weighted by atomic mass is 10.2. The van der Waals surface area contributed by atoms with E-state index in [4.69, 9.17) is 4.43 Å². The van der Waals surface area contributed by atoms with Crippen LogP contribution < -0.4 is 5.19 Å². The van der Waals surface area contributed by atoms with Gasteiger partial charge in [0.1, 0.15) is 0 Å². The third kappa shape index (κ3) is 2.82. The number of halogens is 3. The van der Waals surface area contributed by atoms with Crippen LogP contribution >= 0.6 is 0 Å². The van der Waals surface area contributed by atoms with Gasteiger partial charge in [-0.3, -0.25) is 0 Å². The summed E-state index contributed by atoms with van der Waals surface area (Å²) in [7, 11) is -0.629. The van der Waals surface area contributed by atoms with Crippen LogP contribution in [0.5, 0.6) is 0 Å². The van der Waals surface area contributed by atoms with Crippen LogP contribution in [0.4, 0.5) is 13.2 Å². The molecule has 0 aliphatic rings. The molecule has 0 amide bonds. The second kappa shape index (κ2) is 3.98. The molecule has 1 aromatic carbocycles. The molecule has 0 radical (unpaired) electrons. The molecule has 1 rings (SSSR count). The van der Waals surface area contributed by atoms with Gasteiger partial charge in [-0.2, -0.15) is 13.2 Å². The van der Waals surface area contributed by atoms with Crippen molar-refractivity contribution < 1.29 is 17.6 Å². The van der Waals surface area contributed by atoms with Crippen molar-refractivity contribution in [2.75, 3.05) is 7.11 Å². The van der Waals surface area contributed by atoms with Crippen molar-refractivity contribution in [3.8, 4) is 0 Å². The summed E-state index contributed by atoms with van der Waals surface area (Å²) in [6.45, 7) is 3.73. The van der Waals surface area contributed by atoms with Crippen LogP contribution in [0.1, 0.15) is 5.56 Å². The standard InChI is InChI=1S/C10H13F3OSi/c1-14-15(2,3)9-6-4-5-8(7-9)10(11,12)13/h4-7H,1-3H3. The van der Waals surface area contributed by atoms with E-state index in [9.17, 15) is 13.2 Å². The van der Waals surface area contributed by atoms with Crippen LogP contribution in [-0.2, 0) is 10.6 Å². The van der Waals surface area contributed by atoms with Gasteiger partial charge in [-0.25, -0.2) is 0 Å². The molecule has 15 heavy (non-hydrogen) atoms. The van der Waals surface area contributed by atoms with Gasteiger partial charge in [0.25, 0.3) is 0 Å². The molecule has 0 aliphatic carbocycles. The minimum Gasteiger partial charge on any atom is -0.416 e. The highest BCUT2D eigenvalue weighted by atomic mass is 28.4. The largest absolute Gasteiger partial charge is 0.416 e. The SMILES string of the molecule is CO[Si](C)(C)c1cccc(C(F)(F)F)c1. The first-order valence-electron chi connectivity index (χ1n) is 4.50. The summed E-state index contributed by atoms with van der Waals surface area (Å²) in [4.78, 5) is 0. The van der Waals surface area contributed by atoms with Gasteiger partial charge in [0.15, 0.2) is 0 Å². The molecule has 0 fully saturated rings. The minimum absolute atomic E-state index is 0.613. The first kappa shape index (κ1) is 12.3. The van der Waals surface area contributed by atoms with Crippen LogP contribution in [0.3, 0.4) is 0 Å². The highest BCUT2D eigenvalue weighted by Crippen LogP contribution is 2.28. The summed E-state index contributed by atoms with van der Waals surface area (Å²) in [5.74, 6) is 0. The summed E-state index contributed by atoms with van der Waals surface area (Å²) in [6, 6.07) is 5.36. The van der Waals surface area contributed by atoms with Crippen LogP contribution in [-0.4, -0.2) is 15.4 Å². The van der Waals surface area contributed by atoms with Gasteiger partial charge >= 0.3 is 6.18 Å². The maximum absolute atomic E-state index is 12.4. The van der Waals surface area contributed by atoms with Crippen molar-refractivity contribution in [1.29, 1.82) is 0 Å². The fourth-order valence-corrected chi connectivity index (χ4v) is 2.42. The highest BCUT2D eigenvalue weighted by molar-refractivity contribution is 6.84. The second-order valence-corrected chi connectivity index (χ2v) is 7.80. The predicted octanol–water partition coefficient (Wildman–Crippen LogP) is 2.76. The van der Waals surface area contributed by atoms with Gasteiger partial charge in [-0.05, 0) is 24.3 Å². The Bertz CT molecular complexity index is 347. The monoisotopic (exact) mass is 234 g/mol. The van der Waals surface area contributed by atoms with E-state index in [1.165, 1.54) is 19.2 Å².